The van der Waals surface area contributed by atoms with Crippen LogP contribution in [-0.2, 0) is 16.0 Å². The van der Waals surface area contributed by atoms with Crippen LogP contribution in [0, 0.1) is 11.8 Å². The van der Waals surface area contributed by atoms with E-state index < -0.39 is 11.2 Å². The second-order valence-electron chi connectivity index (χ2n) is 12.7. The molecule has 2 aromatic carbocycles. The number of fused-ring (bicyclic) bond motifs is 2. The van der Waals surface area contributed by atoms with Gasteiger partial charge in [-0.15, -0.1) is 0 Å². The van der Waals surface area contributed by atoms with Gasteiger partial charge in [-0.2, -0.15) is 0 Å². The predicted octanol–water partition coefficient (Wildman–Crippen LogP) is 4.86. The molecule has 204 valence electrons. The van der Waals surface area contributed by atoms with Crippen molar-refractivity contribution < 1.29 is 15.0 Å². The maximum Gasteiger partial charge on any atom is 0.136 e. The van der Waals surface area contributed by atoms with Gasteiger partial charge in [0.05, 0.1) is 12.1 Å². The van der Waals surface area contributed by atoms with Crippen LogP contribution in [0.15, 0.2) is 60.7 Å². The second kappa shape index (κ2) is 10.2. The van der Waals surface area contributed by atoms with Gasteiger partial charge in [-0.3, -0.25) is 14.6 Å². The highest BCUT2D eigenvalue weighted by molar-refractivity contribution is 5.80. The molecule has 6 rings (SSSR count). The van der Waals surface area contributed by atoms with Crippen LogP contribution in [0.5, 0.6) is 0 Å². The minimum Gasteiger partial charge on any atom is -0.383 e. The van der Waals surface area contributed by atoms with Gasteiger partial charge >= 0.3 is 0 Å². The average Bonchev–Trinajstić information content (AvgIpc) is 3.59. The molecule has 0 bridgehead atoms. The lowest BCUT2D eigenvalue weighted by Gasteiger charge is -2.54. The minimum atomic E-state index is -1.07. The zero-order valence-corrected chi connectivity index (χ0v) is 23.0. The van der Waals surface area contributed by atoms with E-state index >= 15 is 0 Å². The summed E-state index contributed by atoms with van der Waals surface area (Å²) in [6.07, 6.45) is 7.08. The maximum atomic E-state index is 14.1. The Morgan fingerprint density at radius 1 is 0.737 bits per heavy atom. The van der Waals surface area contributed by atoms with E-state index in [1.807, 2.05) is 60.7 Å². The van der Waals surface area contributed by atoms with E-state index in [1.165, 1.54) is 0 Å². The Hall–Kier alpha value is -2.05. The Labute approximate surface area is 227 Å². The SMILES string of the molecule is C[C@H]1C[C@H]2CCCN2[C@H](CC(=O)C[C@H]2N3CCC[C@@H]3C[C@H](C)[C@@]2(O)c2ccccc2)[C@]1(O)c1ccccc1. The number of hydrogen-bond acceptors (Lipinski definition) is 5. The molecule has 5 nitrogen and oxygen atoms in total. The summed E-state index contributed by atoms with van der Waals surface area (Å²) < 4.78 is 0. The molecule has 2 N–H and O–H groups in total. The summed E-state index contributed by atoms with van der Waals surface area (Å²) in [7, 11) is 0. The summed E-state index contributed by atoms with van der Waals surface area (Å²) in [5, 5.41) is 24.8. The molecule has 0 saturated carbocycles. The molecule has 4 fully saturated rings. The number of benzene rings is 2. The van der Waals surface area contributed by atoms with Gasteiger partial charge < -0.3 is 10.2 Å². The fourth-order valence-corrected chi connectivity index (χ4v) is 8.81. The predicted molar refractivity (Wildman–Crippen MR) is 150 cm³/mol. The fourth-order valence-electron chi connectivity index (χ4n) is 8.81. The van der Waals surface area contributed by atoms with Crippen molar-refractivity contribution in [2.24, 2.45) is 11.8 Å². The van der Waals surface area contributed by atoms with Crippen molar-refractivity contribution in [2.75, 3.05) is 13.1 Å². The normalized spacial score (nSPS) is 39.6. The summed E-state index contributed by atoms with van der Waals surface area (Å²) in [5.74, 6) is 0.296. The van der Waals surface area contributed by atoms with Crippen LogP contribution in [0.2, 0.25) is 0 Å². The van der Waals surface area contributed by atoms with Gasteiger partial charge in [0.25, 0.3) is 0 Å². The standard InChI is InChI=1S/C33H44N2O3/c1-23-19-27-15-9-17-34(27)30(32(23,37)25-11-5-3-6-12-25)21-29(36)22-31-33(38,26-13-7-4-8-14-26)24(2)20-28-16-10-18-35(28)31/h3-8,11-14,23-24,27-28,30-31,37-38H,9-10,15-22H2,1-2H3/t23-,24-,27+,28+,30+,31+,32+,33+/m0/s1. The molecule has 5 heteroatoms. The Balaban J connectivity index is 1.32. The van der Waals surface area contributed by atoms with Crippen molar-refractivity contribution in [1.29, 1.82) is 0 Å². The Bertz CT molecular complexity index is 1040. The molecule has 0 aromatic heterocycles. The van der Waals surface area contributed by atoms with Crippen molar-refractivity contribution in [1.82, 2.24) is 9.80 Å². The van der Waals surface area contributed by atoms with Gasteiger partial charge in [0.15, 0.2) is 0 Å². The molecule has 2 aromatic rings. The third-order valence-electron chi connectivity index (χ3n) is 10.7. The Kier molecular flexibility index (Phi) is 7.01. The first-order valence-electron chi connectivity index (χ1n) is 14.9. The number of aliphatic hydroxyl groups is 2. The summed E-state index contributed by atoms with van der Waals surface area (Å²) in [4.78, 5) is 19.0. The van der Waals surface area contributed by atoms with Crippen molar-refractivity contribution in [3.8, 4) is 0 Å². The van der Waals surface area contributed by atoms with E-state index in [-0.39, 0.29) is 29.7 Å². The van der Waals surface area contributed by atoms with E-state index in [1.54, 1.807) is 0 Å². The molecule has 0 aliphatic carbocycles. The molecule has 0 unspecified atom stereocenters. The molecule has 8 atom stereocenters. The van der Waals surface area contributed by atoms with Crippen LogP contribution in [0.25, 0.3) is 0 Å². The molecule has 4 aliphatic rings. The molecule has 4 saturated heterocycles. The molecule has 38 heavy (non-hydrogen) atoms. The number of carbonyl (C=O) groups is 1. The average molecular weight is 517 g/mol. The van der Waals surface area contributed by atoms with Gasteiger partial charge in [-0.05, 0) is 74.6 Å². The molecule has 0 spiro atoms. The van der Waals surface area contributed by atoms with Crippen LogP contribution >= 0.6 is 0 Å². The zero-order valence-electron chi connectivity index (χ0n) is 23.0. The van der Waals surface area contributed by atoms with Crippen LogP contribution in [0.3, 0.4) is 0 Å². The number of rotatable bonds is 6. The van der Waals surface area contributed by atoms with Gasteiger partial charge in [0.2, 0.25) is 0 Å². The first-order valence-corrected chi connectivity index (χ1v) is 14.9. The maximum absolute atomic E-state index is 14.1. The van der Waals surface area contributed by atoms with Crippen molar-refractivity contribution in [3.63, 3.8) is 0 Å². The first-order chi connectivity index (χ1) is 18.3. The monoisotopic (exact) mass is 516 g/mol. The number of ketones is 1. The number of piperidine rings is 2. The van der Waals surface area contributed by atoms with Crippen LogP contribution in [0.1, 0.15) is 76.3 Å². The zero-order chi connectivity index (χ0) is 26.5. The van der Waals surface area contributed by atoms with Gasteiger partial charge in [-0.1, -0.05) is 74.5 Å². The molecule has 4 aliphatic heterocycles. The van der Waals surface area contributed by atoms with Gasteiger partial charge in [-0.25, -0.2) is 0 Å². The first kappa shape index (κ1) is 26.2. The molecular formula is C33H44N2O3. The third-order valence-corrected chi connectivity index (χ3v) is 10.7. The molecule has 0 amide bonds. The van der Waals surface area contributed by atoms with E-state index in [0.29, 0.717) is 24.9 Å². The quantitative estimate of drug-likeness (QED) is 0.574. The van der Waals surface area contributed by atoms with Crippen LogP contribution in [0.4, 0.5) is 0 Å². The lowest BCUT2D eigenvalue weighted by molar-refractivity contribution is -0.156. The molecule has 0 radical (unpaired) electrons. The topological polar surface area (TPSA) is 64.0 Å². The van der Waals surface area contributed by atoms with Crippen molar-refractivity contribution >= 4 is 5.78 Å². The lowest BCUT2D eigenvalue weighted by atomic mass is 9.67. The van der Waals surface area contributed by atoms with E-state index in [4.69, 9.17) is 0 Å². The van der Waals surface area contributed by atoms with Gasteiger partial charge in [0.1, 0.15) is 17.0 Å². The summed E-state index contributed by atoms with van der Waals surface area (Å²) >= 11 is 0. The highest BCUT2D eigenvalue weighted by Crippen LogP contribution is 2.50. The van der Waals surface area contributed by atoms with Crippen LogP contribution in [-0.4, -0.2) is 63.1 Å². The van der Waals surface area contributed by atoms with E-state index in [2.05, 4.69) is 23.6 Å². The third kappa shape index (κ3) is 4.18. The fraction of sp³-hybridized carbons (Fsp3) is 0.606. The van der Waals surface area contributed by atoms with Crippen LogP contribution < -0.4 is 0 Å². The Morgan fingerprint density at radius 2 is 1.13 bits per heavy atom. The Morgan fingerprint density at radius 3 is 1.53 bits per heavy atom. The van der Waals surface area contributed by atoms with E-state index in [0.717, 1.165) is 62.7 Å². The largest absolute Gasteiger partial charge is 0.383 e. The second-order valence-corrected chi connectivity index (χ2v) is 12.7. The van der Waals surface area contributed by atoms with E-state index in [9.17, 15) is 15.0 Å². The van der Waals surface area contributed by atoms with Gasteiger partial charge in [0, 0.05) is 24.9 Å². The highest BCUT2D eigenvalue weighted by atomic mass is 16.3. The minimum absolute atomic E-state index is 0.0703. The number of hydrogen-bond donors (Lipinski definition) is 2. The van der Waals surface area contributed by atoms with Crippen molar-refractivity contribution in [2.45, 2.75) is 101 Å². The summed E-state index contributed by atoms with van der Waals surface area (Å²) in [6.45, 7) is 6.19. The molecular weight excluding hydrogens is 472 g/mol. The number of nitrogens with zero attached hydrogens (tertiary/aromatic N) is 2. The van der Waals surface area contributed by atoms with Crippen molar-refractivity contribution in [3.05, 3.63) is 71.8 Å². The summed E-state index contributed by atoms with van der Waals surface area (Å²) in [6, 6.07) is 20.4. The highest BCUT2D eigenvalue weighted by Gasteiger charge is 2.56. The number of Topliss-reactive ketones (excluding diaryl/α,β-unsaturated/α-hetero) is 1. The summed E-state index contributed by atoms with van der Waals surface area (Å²) in [5.41, 5.74) is -0.294. The lowest BCUT2D eigenvalue weighted by Crippen LogP contribution is -2.62. The number of carbonyl (C=O) groups excluding carboxylic acids is 1. The smallest absolute Gasteiger partial charge is 0.136 e. The molecule has 4 heterocycles.